The molecular weight excluding hydrogens is 224 g/mol. The van der Waals surface area contributed by atoms with Crippen LogP contribution in [-0.4, -0.2) is 11.6 Å². The Morgan fingerprint density at radius 1 is 1.06 bits per heavy atom. The van der Waals surface area contributed by atoms with E-state index in [-0.39, 0.29) is 17.5 Å². The molecule has 0 aromatic heterocycles. The second-order valence-corrected chi connectivity index (χ2v) is 5.19. The van der Waals surface area contributed by atoms with E-state index in [1.807, 2.05) is 18.2 Å². The van der Waals surface area contributed by atoms with Crippen molar-refractivity contribution < 1.29 is 9.59 Å². The normalized spacial score (nSPS) is 18.3. The molecule has 0 bridgehead atoms. The van der Waals surface area contributed by atoms with Crippen LogP contribution in [0.2, 0.25) is 0 Å². The van der Waals surface area contributed by atoms with Gasteiger partial charge in [-0.25, -0.2) is 0 Å². The molecule has 1 aromatic carbocycles. The summed E-state index contributed by atoms with van der Waals surface area (Å²) in [7, 11) is 0. The third-order valence-corrected chi connectivity index (χ3v) is 3.89. The standard InChI is InChI=1S/C16H20O2/c1-12(15(17)13-8-4-2-5-9-13)16(18)14-10-6-3-7-11-14/h2,4-5,8-9,12,14H,3,6-7,10-11H2,1H3. The molecule has 0 heterocycles. The highest BCUT2D eigenvalue weighted by Gasteiger charge is 2.29. The minimum absolute atomic E-state index is 0.0360. The van der Waals surface area contributed by atoms with E-state index in [1.54, 1.807) is 19.1 Å². The molecule has 18 heavy (non-hydrogen) atoms. The van der Waals surface area contributed by atoms with Crippen molar-refractivity contribution in [3.05, 3.63) is 35.9 Å². The quantitative estimate of drug-likeness (QED) is 0.598. The van der Waals surface area contributed by atoms with Crippen LogP contribution in [0.25, 0.3) is 0 Å². The number of ketones is 2. The van der Waals surface area contributed by atoms with Gasteiger partial charge < -0.3 is 0 Å². The van der Waals surface area contributed by atoms with Crippen molar-refractivity contribution >= 4 is 11.6 Å². The van der Waals surface area contributed by atoms with Crippen molar-refractivity contribution in [1.29, 1.82) is 0 Å². The van der Waals surface area contributed by atoms with Gasteiger partial charge in [-0.15, -0.1) is 0 Å². The maximum Gasteiger partial charge on any atom is 0.173 e. The summed E-state index contributed by atoms with van der Waals surface area (Å²) in [6.45, 7) is 1.76. The highest BCUT2D eigenvalue weighted by atomic mass is 16.2. The molecule has 0 amide bonds. The SMILES string of the molecule is CC(C(=O)c1ccccc1)C(=O)C1CCCCC1. The summed E-state index contributed by atoms with van der Waals surface area (Å²) in [5.41, 5.74) is 0.647. The van der Waals surface area contributed by atoms with E-state index in [0.29, 0.717) is 5.56 Å². The largest absolute Gasteiger partial charge is 0.299 e. The Morgan fingerprint density at radius 2 is 1.67 bits per heavy atom. The van der Waals surface area contributed by atoms with Crippen molar-refractivity contribution in [3.8, 4) is 0 Å². The summed E-state index contributed by atoms with van der Waals surface area (Å²) in [5, 5.41) is 0. The Kier molecular flexibility index (Phi) is 4.29. The molecule has 1 aromatic rings. The van der Waals surface area contributed by atoms with E-state index in [1.165, 1.54) is 6.42 Å². The summed E-state index contributed by atoms with van der Waals surface area (Å²) in [6, 6.07) is 9.13. The molecule has 0 N–H and O–H groups in total. The van der Waals surface area contributed by atoms with Gasteiger partial charge in [-0.2, -0.15) is 0 Å². The molecular formula is C16H20O2. The first-order chi connectivity index (χ1) is 8.70. The molecule has 2 rings (SSSR count). The maximum absolute atomic E-state index is 12.3. The lowest BCUT2D eigenvalue weighted by molar-refractivity contribution is -0.125. The number of carbonyl (C=O) groups is 2. The maximum atomic E-state index is 12.3. The van der Waals surface area contributed by atoms with Crippen LogP contribution < -0.4 is 0 Å². The Labute approximate surface area is 108 Å². The van der Waals surface area contributed by atoms with Gasteiger partial charge in [-0.3, -0.25) is 9.59 Å². The van der Waals surface area contributed by atoms with Crippen LogP contribution in [0.15, 0.2) is 30.3 Å². The molecule has 96 valence electrons. The molecule has 0 saturated heterocycles. The van der Waals surface area contributed by atoms with E-state index in [4.69, 9.17) is 0 Å². The first-order valence-corrected chi connectivity index (χ1v) is 6.83. The van der Waals surface area contributed by atoms with Crippen LogP contribution in [0.3, 0.4) is 0 Å². The number of Topliss-reactive ketones (excluding diaryl/α,β-unsaturated/α-hetero) is 2. The van der Waals surface area contributed by atoms with E-state index in [2.05, 4.69) is 0 Å². The van der Waals surface area contributed by atoms with Crippen molar-refractivity contribution in [2.24, 2.45) is 11.8 Å². The van der Waals surface area contributed by atoms with Crippen molar-refractivity contribution in [3.63, 3.8) is 0 Å². The predicted molar refractivity (Wildman–Crippen MR) is 71.5 cm³/mol. The zero-order chi connectivity index (χ0) is 13.0. The lowest BCUT2D eigenvalue weighted by Gasteiger charge is -2.22. The molecule has 1 aliphatic carbocycles. The number of hydrogen-bond acceptors (Lipinski definition) is 2. The van der Waals surface area contributed by atoms with E-state index < -0.39 is 5.92 Å². The van der Waals surface area contributed by atoms with Gasteiger partial charge in [0.15, 0.2) is 5.78 Å². The fraction of sp³-hybridized carbons (Fsp3) is 0.500. The number of carbonyl (C=O) groups excluding carboxylic acids is 2. The average molecular weight is 244 g/mol. The summed E-state index contributed by atoms with van der Waals surface area (Å²) >= 11 is 0. The fourth-order valence-corrected chi connectivity index (χ4v) is 2.72. The second-order valence-electron chi connectivity index (χ2n) is 5.19. The number of rotatable bonds is 4. The lowest BCUT2D eigenvalue weighted by atomic mass is 9.80. The Bertz CT molecular complexity index is 416. The number of hydrogen-bond donors (Lipinski definition) is 0. The average Bonchev–Trinajstić information content (AvgIpc) is 2.47. The van der Waals surface area contributed by atoms with Crippen LogP contribution in [0.1, 0.15) is 49.4 Å². The van der Waals surface area contributed by atoms with Crippen molar-refractivity contribution in [1.82, 2.24) is 0 Å². The van der Waals surface area contributed by atoms with Crippen LogP contribution in [-0.2, 0) is 4.79 Å². The molecule has 2 heteroatoms. The molecule has 2 nitrogen and oxygen atoms in total. The van der Waals surface area contributed by atoms with E-state index >= 15 is 0 Å². The van der Waals surface area contributed by atoms with Crippen molar-refractivity contribution in [2.45, 2.75) is 39.0 Å². The number of benzene rings is 1. The molecule has 0 aliphatic heterocycles. The van der Waals surface area contributed by atoms with Gasteiger partial charge >= 0.3 is 0 Å². The summed E-state index contributed by atoms with van der Waals surface area (Å²) in [6.07, 6.45) is 5.41. The third kappa shape index (κ3) is 2.87. The highest BCUT2D eigenvalue weighted by molar-refractivity contribution is 6.10. The summed E-state index contributed by atoms with van der Waals surface area (Å²) in [4.78, 5) is 24.5. The zero-order valence-electron chi connectivity index (χ0n) is 10.9. The predicted octanol–water partition coefficient (Wildman–Crippen LogP) is 3.65. The van der Waals surface area contributed by atoms with Crippen LogP contribution in [0, 0.1) is 11.8 Å². The first kappa shape index (κ1) is 13.0. The molecule has 1 atom stereocenters. The molecule has 1 aliphatic rings. The minimum atomic E-state index is -0.490. The lowest BCUT2D eigenvalue weighted by Crippen LogP contribution is -2.29. The van der Waals surface area contributed by atoms with Crippen LogP contribution in [0.4, 0.5) is 0 Å². The first-order valence-electron chi connectivity index (χ1n) is 6.83. The molecule has 1 saturated carbocycles. The van der Waals surface area contributed by atoms with Crippen LogP contribution in [0.5, 0.6) is 0 Å². The topological polar surface area (TPSA) is 34.1 Å². The van der Waals surface area contributed by atoms with Gasteiger partial charge in [0, 0.05) is 11.5 Å². The van der Waals surface area contributed by atoms with Crippen LogP contribution >= 0.6 is 0 Å². The highest BCUT2D eigenvalue weighted by Crippen LogP contribution is 2.27. The Balaban J connectivity index is 2.04. The smallest absolute Gasteiger partial charge is 0.173 e. The third-order valence-electron chi connectivity index (χ3n) is 3.89. The molecule has 1 fully saturated rings. The second kappa shape index (κ2) is 5.94. The van der Waals surface area contributed by atoms with Gasteiger partial charge in [0.1, 0.15) is 5.78 Å². The summed E-state index contributed by atoms with van der Waals surface area (Å²) in [5.74, 6) is -0.272. The van der Waals surface area contributed by atoms with Gasteiger partial charge in [-0.05, 0) is 19.8 Å². The summed E-state index contributed by atoms with van der Waals surface area (Å²) < 4.78 is 0. The van der Waals surface area contributed by atoms with Gasteiger partial charge in [0.2, 0.25) is 0 Å². The van der Waals surface area contributed by atoms with Gasteiger partial charge in [-0.1, -0.05) is 49.6 Å². The van der Waals surface area contributed by atoms with Gasteiger partial charge in [0.05, 0.1) is 5.92 Å². The van der Waals surface area contributed by atoms with Crippen molar-refractivity contribution in [2.75, 3.05) is 0 Å². The minimum Gasteiger partial charge on any atom is -0.299 e. The van der Waals surface area contributed by atoms with E-state index in [9.17, 15) is 9.59 Å². The Morgan fingerprint density at radius 3 is 2.28 bits per heavy atom. The molecule has 0 radical (unpaired) electrons. The zero-order valence-corrected chi connectivity index (χ0v) is 10.9. The molecule has 1 unspecified atom stereocenters. The van der Waals surface area contributed by atoms with Gasteiger partial charge in [0.25, 0.3) is 0 Å². The monoisotopic (exact) mass is 244 g/mol. The van der Waals surface area contributed by atoms with E-state index in [0.717, 1.165) is 25.7 Å². The fourth-order valence-electron chi connectivity index (χ4n) is 2.72. The molecule has 0 spiro atoms. The Hall–Kier alpha value is -1.44.